The van der Waals surface area contributed by atoms with E-state index >= 15 is 0 Å². The van der Waals surface area contributed by atoms with Crippen molar-refractivity contribution in [3.63, 3.8) is 0 Å². The number of rotatable bonds is 3. The van der Waals surface area contributed by atoms with Gasteiger partial charge >= 0.3 is 0 Å². The number of hydrogen-bond donors (Lipinski definition) is 1. The molecular weight excluding hydrogens is 245 g/mol. The molecule has 2 rings (SSSR count). The lowest BCUT2D eigenvalue weighted by Gasteiger charge is -2.16. The Morgan fingerprint density at radius 1 is 1.38 bits per heavy atom. The third-order valence-electron chi connectivity index (χ3n) is 2.44. The Morgan fingerprint density at radius 2 is 2.19 bits per heavy atom. The largest absolute Gasteiger partial charge is 0.309 e. The molecule has 0 aliphatic heterocycles. The van der Waals surface area contributed by atoms with Crippen molar-refractivity contribution in [2.24, 2.45) is 0 Å². The fourth-order valence-electron chi connectivity index (χ4n) is 1.68. The number of nitrogens with one attached hydrogen (secondary N) is 1. The second-order valence-electron chi connectivity index (χ2n) is 3.44. The first-order valence-corrected chi connectivity index (χ1v) is 6.18. The predicted molar refractivity (Wildman–Crippen MR) is 66.6 cm³/mol. The van der Waals surface area contributed by atoms with Crippen LogP contribution < -0.4 is 5.32 Å². The first-order valence-electron chi connectivity index (χ1n) is 4.86. The van der Waals surface area contributed by atoms with Crippen LogP contribution in [0.25, 0.3) is 0 Å². The highest BCUT2D eigenvalue weighted by atomic mass is 35.5. The molecule has 0 aliphatic carbocycles. The maximum Gasteiger partial charge on any atom is 0.124 e. The molecule has 0 amide bonds. The van der Waals surface area contributed by atoms with Crippen molar-refractivity contribution in [1.82, 2.24) is 5.32 Å². The second-order valence-corrected chi connectivity index (χ2v) is 4.63. The summed E-state index contributed by atoms with van der Waals surface area (Å²) in [5.74, 6) is -0.311. The van der Waals surface area contributed by atoms with Gasteiger partial charge in [0, 0.05) is 5.02 Å². The average Bonchev–Trinajstić information content (AvgIpc) is 2.75. The van der Waals surface area contributed by atoms with Gasteiger partial charge in [-0.1, -0.05) is 17.7 Å². The van der Waals surface area contributed by atoms with Crippen LogP contribution in [0.4, 0.5) is 4.39 Å². The van der Waals surface area contributed by atoms with Crippen LogP contribution in [0.15, 0.2) is 35.0 Å². The van der Waals surface area contributed by atoms with Crippen LogP contribution in [-0.4, -0.2) is 7.05 Å². The zero-order valence-corrected chi connectivity index (χ0v) is 10.3. The Morgan fingerprint density at radius 3 is 2.75 bits per heavy atom. The molecule has 1 N–H and O–H groups in total. The average molecular weight is 256 g/mol. The molecule has 0 aliphatic rings. The molecule has 16 heavy (non-hydrogen) atoms. The fourth-order valence-corrected chi connectivity index (χ4v) is 2.64. The van der Waals surface area contributed by atoms with Crippen molar-refractivity contribution >= 4 is 22.9 Å². The van der Waals surface area contributed by atoms with Crippen molar-refractivity contribution in [3.8, 4) is 0 Å². The minimum absolute atomic E-state index is 0.0133. The van der Waals surface area contributed by atoms with Crippen LogP contribution in [0.5, 0.6) is 0 Å². The van der Waals surface area contributed by atoms with Gasteiger partial charge in [-0.15, -0.1) is 0 Å². The van der Waals surface area contributed by atoms with Gasteiger partial charge in [0.15, 0.2) is 0 Å². The Bertz CT molecular complexity index is 470. The zero-order chi connectivity index (χ0) is 11.5. The Hall–Kier alpha value is -0.900. The molecule has 1 nitrogen and oxygen atoms in total. The monoisotopic (exact) mass is 255 g/mol. The van der Waals surface area contributed by atoms with E-state index in [2.05, 4.69) is 10.7 Å². The molecule has 0 fully saturated rings. The van der Waals surface area contributed by atoms with Crippen molar-refractivity contribution in [2.45, 2.75) is 6.04 Å². The smallest absolute Gasteiger partial charge is 0.124 e. The van der Waals surface area contributed by atoms with Crippen LogP contribution in [0, 0.1) is 5.82 Å². The van der Waals surface area contributed by atoms with Gasteiger partial charge in [0.1, 0.15) is 5.82 Å². The van der Waals surface area contributed by atoms with E-state index in [1.54, 1.807) is 17.4 Å². The minimum atomic E-state index is -0.311. The summed E-state index contributed by atoms with van der Waals surface area (Å²) in [7, 11) is 1.86. The summed E-state index contributed by atoms with van der Waals surface area (Å²) in [5.41, 5.74) is 2.03. The fraction of sp³-hybridized carbons (Fsp3) is 0.167. The normalized spacial score (nSPS) is 12.7. The van der Waals surface area contributed by atoms with E-state index in [-0.39, 0.29) is 11.9 Å². The van der Waals surface area contributed by atoms with Gasteiger partial charge in [-0.3, -0.25) is 0 Å². The summed E-state index contributed by atoms with van der Waals surface area (Å²) in [6.07, 6.45) is 0. The topological polar surface area (TPSA) is 12.0 Å². The summed E-state index contributed by atoms with van der Waals surface area (Å²) >= 11 is 7.67. The summed E-state index contributed by atoms with van der Waals surface area (Å²) in [5, 5.41) is 7.70. The van der Waals surface area contributed by atoms with Crippen molar-refractivity contribution < 1.29 is 4.39 Å². The number of hydrogen-bond acceptors (Lipinski definition) is 2. The highest BCUT2D eigenvalue weighted by Crippen LogP contribution is 2.29. The molecular formula is C12H11ClFNS. The SMILES string of the molecule is CNC(c1ccsc1)c1ccc(F)cc1Cl. The highest BCUT2D eigenvalue weighted by molar-refractivity contribution is 7.08. The lowest BCUT2D eigenvalue weighted by molar-refractivity contribution is 0.623. The van der Waals surface area contributed by atoms with Crippen molar-refractivity contribution in [2.75, 3.05) is 7.05 Å². The van der Waals surface area contributed by atoms with Crippen molar-refractivity contribution in [1.29, 1.82) is 0 Å². The third-order valence-corrected chi connectivity index (χ3v) is 3.47. The number of thiophene rings is 1. The zero-order valence-electron chi connectivity index (χ0n) is 8.71. The molecule has 0 bridgehead atoms. The van der Waals surface area contributed by atoms with Crippen LogP contribution in [0.2, 0.25) is 5.02 Å². The molecule has 1 heterocycles. The standard InChI is InChI=1S/C12H11ClFNS/c1-15-12(8-4-5-16-7-8)10-3-2-9(14)6-11(10)13/h2-7,12,15H,1H3. The van der Waals surface area contributed by atoms with Crippen LogP contribution in [-0.2, 0) is 0 Å². The number of halogens is 2. The summed E-state index contributed by atoms with van der Waals surface area (Å²) in [6, 6.07) is 6.53. The molecule has 1 atom stereocenters. The molecule has 0 saturated heterocycles. The first-order chi connectivity index (χ1) is 7.72. The Labute approximate surface area is 103 Å². The van der Waals surface area contributed by atoms with E-state index in [0.29, 0.717) is 5.02 Å². The van der Waals surface area contributed by atoms with E-state index in [4.69, 9.17) is 11.6 Å². The van der Waals surface area contributed by atoms with Gasteiger partial charge in [0.2, 0.25) is 0 Å². The van der Waals surface area contributed by atoms with E-state index < -0.39 is 0 Å². The molecule has 1 aromatic carbocycles. The molecule has 84 valence electrons. The van der Waals surface area contributed by atoms with Gasteiger partial charge in [-0.05, 0) is 47.1 Å². The van der Waals surface area contributed by atoms with E-state index in [1.165, 1.54) is 12.1 Å². The molecule has 0 spiro atoms. The minimum Gasteiger partial charge on any atom is -0.309 e. The van der Waals surface area contributed by atoms with Gasteiger partial charge < -0.3 is 5.32 Å². The van der Waals surface area contributed by atoms with Crippen LogP contribution in [0.3, 0.4) is 0 Å². The lowest BCUT2D eigenvalue weighted by atomic mass is 10.0. The maximum absolute atomic E-state index is 13.0. The first kappa shape index (κ1) is 11.6. The van der Waals surface area contributed by atoms with Gasteiger partial charge in [-0.25, -0.2) is 4.39 Å². The van der Waals surface area contributed by atoms with Gasteiger partial charge in [0.05, 0.1) is 6.04 Å². The molecule has 0 saturated carbocycles. The summed E-state index contributed by atoms with van der Waals surface area (Å²) < 4.78 is 13.0. The molecule has 1 unspecified atom stereocenters. The predicted octanol–water partition coefficient (Wildman–Crippen LogP) is 3.85. The van der Waals surface area contributed by atoms with E-state index in [9.17, 15) is 4.39 Å². The molecule has 0 radical (unpaired) electrons. The molecule has 4 heteroatoms. The highest BCUT2D eigenvalue weighted by Gasteiger charge is 2.15. The Balaban J connectivity index is 2.41. The van der Waals surface area contributed by atoms with Gasteiger partial charge in [-0.2, -0.15) is 11.3 Å². The van der Waals surface area contributed by atoms with Crippen LogP contribution in [0.1, 0.15) is 17.2 Å². The maximum atomic E-state index is 13.0. The second kappa shape index (κ2) is 4.95. The lowest BCUT2D eigenvalue weighted by Crippen LogP contribution is -2.17. The van der Waals surface area contributed by atoms with E-state index in [1.807, 2.05) is 18.5 Å². The summed E-state index contributed by atoms with van der Waals surface area (Å²) in [6.45, 7) is 0. The van der Waals surface area contributed by atoms with Crippen molar-refractivity contribution in [3.05, 3.63) is 57.0 Å². The molecule has 2 aromatic rings. The molecule has 1 aromatic heterocycles. The van der Waals surface area contributed by atoms with Crippen LogP contribution >= 0.6 is 22.9 Å². The third kappa shape index (κ3) is 2.26. The van der Waals surface area contributed by atoms with Gasteiger partial charge in [0.25, 0.3) is 0 Å². The quantitative estimate of drug-likeness (QED) is 0.879. The summed E-state index contributed by atoms with van der Waals surface area (Å²) in [4.78, 5) is 0. The Kier molecular flexibility index (Phi) is 3.59. The van der Waals surface area contributed by atoms with E-state index in [0.717, 1.165) is 11.1 Å². The number of benzene rings is 1.